The molecule has 0 saturated heterocycles. The molecule has 4 nitrogen and oxygen atoms in total. The highest BCUT2D eigenvalue weighted by molar-refractivity contribution is 5.06. The Morgan fingerprint density at radius 2 is 2.33 bits per heavy atom. The quantitative estimate of drug-likeness (QED) is 0.774. The van der Waals surface area contributed by atoms with Gasteiger partial charge in [0.15, 0.2) is 0 Å². The lowest BCUT2D eigenvalue weighted by molar-refractivity contribution is 0.431. The van der Waals surface area contributed by atoms with Crippen LogP contribution in [0.3, 0.4) is 0 Å². The minimum Gasteiger partial charge on any atom is -0.336 e. The zero-order chi connectivity index (χ0) is 10.7. The van der Waals surface area contributed by atoms with Crippen LogP contribution in [0.5, 0.6) is 0 Å². The molecule has 0 spiro atoms. The van der Waals surface area contributed by atoms with Gasteiger partial charge in [-0.2, -0.15) is 0 Å². The second-order valence-electron chi connectivity index (χ2n) is 4.37. The Morgan fingerprint density at radius 1 is 1.60 bits per heavy atom. The predicted molar refractivity (Wildman–Crippen MR) is 60.4 cm³/mol. The number of nitrogens with two attached hydrogens (primary N) is 1. The molecule has 4 heteroatoms. The van der Waals surface area contributed by atoms with E-state index in [1.165, 1.54) is 31.4 Å². The maximum atomic E-state index is 5.81. The van der Waals surface area contributed by atoms with Gasteiger partial charge in [0.25, 0.3) is 0 Å². The smallest absolute Gasteiger partial charge is 0.0946 e. The van der Waals surface area contributed by atoms with Crippen molar-refractivity contribution in [2.75, 3.05) is 6.54 Å². The van der Waals surface area contributed by atoms with Crippen molar-refractivity contribution in [3.8, 4) is 0 Å². The van der Waals surface area contributed by atoms with E-state index in [2.05, 4.69) is 10.3 Å². The summed E-state index contributed by atoms with van der Waals surface area (Å²) in [4.78, 5) is 4.13. The molecular formula is C11H20N4. The maximum absolute atomic E-state index is 5.81. The fourth-order valence-corrected chi connectivity index (χ4v) is 2.35. The van der Waals surface area contributed by atoms with Crippen molar-refractivity contribution in [1.82, 2.24) is 14.9 Å². The van der Waals surface area contributed by atoms with E-state index in [9.17, 15) is 0 Å². The number of imidazole rings is 1. The van der Waals surface area contributed by atoms with Gasteiger partial charge in [-0.3, -0.25) is 0 Å². The number of aromatic nitrogens is 2. The molecule has 1 aromatic rings. The molecule has 84 valence electrons. The SMILES string of the molecule is Cn1cncc1C(CN)NC1CCCC1. The van der Waals surface area contributed by atoms with Crippen LogP contribution in [0.25, 0.3) is 0 Å². The number of nitrogens with one attached hydrogen (secondary N) is 1. The average Bonchev–Trinajstić information content (AvgIpc) is 2.85. The van der Waals surface area contributed by atoms with Crippen molar-refractivity contribution in [3.63, 3.8) is 0 Å². The zero-order valence-corrected chi connectivity index (χ0v) is 9.32. The van der Waals surface area contributed by atoms with Crippen LogP contribution >= 0.6 is 0 Å². The van der Waals surface area contributed by atoms with E-state index in [-0.39, 0.29) is 6.04 Å². The summed E-state index contributed by atoms with van der Waals surface area (Å²) in [5.41, 5.74) is 6.99. The summed E-state index contributed by atoms with van der Waals surface area (Å²) in [5.74, 6) is 0. The molecule has 1 aliphatic rings. The third kappa shape index (κ3) is 2.38. The number of hydrogen-bond acceptors (Lipinski definition) is 3. The first-order valence-corrected chi connectivity index (χ1v) is 5.73. The van der Waals surface area contributed by atoms with Gasteiger partial charge in [0.1, 0.15) is 0 Å². The Balaban J connectivity index is 2.00. The molecule has 3 N–H and O–H groups in total. The molecule has 0 radical (unpaired) electrons. The first kappa shape index (κ1) is 10.6. The summed E-state index contributed by atoms with van der Waals surface area (Å²) in [6.45, 7) is 0.635. The van der Waals surface area contributed by atoms with Crippen molar-refractivity contribution >= 4 is 0 Å². The van der Waals surface area contributed by atoms with E-state index in [1.54, 1.807) is 0 Å². The van der Waals surface area contributed by atoms with Crippen LogP contribution in [0.2, 0.25) is 0 Å². The molecule has 2 rings (SSSR count). The van der Waals surface area contributed by atoms with Gasteiger partial charge in [-0.1, -0.05) is 12.8 Å². The molecule has 1 unspecified atom stereocenters. The standard InChI is InChI=1S/C11H20N4/c1-15-8-13-7-11(15)10(6-12)14-9-4-2-3-5-9/h7-10,14H,2-6,12H2,1H3. The van der Waals surface area contributed by atoms with Gasteiger partial charge in [-0.25, -0.2) is 4.98 Å². The lowest BCUT2D eigenvalue weighted by Crippen LogP contribution is -2.36. The summed E-state index contributed by atoms with van der Waals surface area (Å²) in [6, 6.07) is 0.897. The number of rotatable bonds is 4. The molecule has 0 aliphatic heterocycles. The summed E-state index contributed by atoms with van der Waals surface area (Å²) < 4.78 is 2.04. The second kappa shape index (κ2) is 4.77. The van der Waals surface area contributed by atoms with E-state index >= 15 is 0 Å². The number of aryl methyl sites for hydroxylation is 1. The second-order valence-corrected chi connectivity index (χ2v) is 4.37. The van der Waals surface area contributed by atoms with E-state index in [0.717, 1.165) is 0 Å². The van der Waals surface area contributed by atoms with Gasteiger partial charge < -0.3 is 15.6 Å². The zero-order valence-electron chi connectivity index (χ0n) is 9.32. The van der Waals surface area contributed by atoms with Crippen LogP contribution < -0.4 is 11.1 Å². The molecule has 1 fully saturated rings. The van der Waals surface area contributed by atoms with Gasteiger partial charge in [0.2, 0.25) is 0 Å². The van der Waals surface area contributed by atoms with Crippen molar-refractivity contribution in [1.29, 1.82) is 0 Å². The predicted octanol–water partition coefficient (Wildman–Crippen LogP) is 0.952. The van der Waals surface area contributed by atoms with Gasteiger partial charge in [0, 0.05) is 25.8 Å². The van der Waals surface area contributed by atoms with E-state index < -0.39 is 0 Å². The summed E-state index contributed by atoms with van der Waals surface area (Å²) in [5, 5.41) is 3.62. The fourth-order valence-electron chi connectivity index (χ4n) is 2.35. The molecule has 1 heterocycles. The Labute approximate surface area is 90.9 Å². The minimum absolute atomic E-state index is 0.251. The largest absolute Gasteiger partial charge is 0.336 e. The Morgan fingerprint density at radius 3 is 2.87 bits per heavy atom. The molecule has 0 aromatic carbocycles. The lowest BCUT2D eigenvalue weighted by atomic mass is 10.1. The molecule has 1 aromatic heterocycles. The summed E-state index contributed by atoms with van der Waals surface area (Å²) >= 11 is 0. The lowest BCUT2D eigenvalue weighted by Gasteiger charge is -2.21. The molecular weight excluding hydrogens is 188 g/mol. The van der Waals surface area contributed by atoms with Crippen LogP contribution in [-0.2, 0) is 7.05 Å². The van der Waals surface area contributed by atoms with Crippen molar-refractivity contribution in [3.05, 3.63) is 18.2 Å². The Hall–Kier alpha value is -0.870. The van der Waals surface area contributed by atoms with E-state index in [0.29, 0.717) is 12.6 Å². The minimum atomic E-state index is 0.251. The van der Waals surface area contributed by atoms with Crippen LogP contribution in [0.15, 0.2) is 12.5 Å². The van der Waals surface area contributed by atoms with Crippen LogP contribution in [0.1, 0.15) is 37.4 Å². The fraction of sp³-hybridized carbons (Fsp3) is 0.727. The summed E-state index contributed by atoms with van der Waals surface area (Å²) in [7, 11) is 2.02. The van der Waals surface area contributed by atoms with E-state index in [4.69, 9.17) is 5.73 Å². The van der Waals surface area contributed by atoms with Crippen molar-refractivity contribution < 1.29 is 0 Å². The Kier molecular flexibility index (Phi) is 3.38. The first-order valence-electron chi connectivity index (χ1n) is 5.73. The third-order valence-electron chi connectivity index (χ3n) is 3.24. The average molecular weight is 208 g/mol. The maximum Gasteiger partial charge on any atom is 0.0946 e. The number of hydrogen-bond donors (Lipinski definition) is 2. The molecule has 0 bridgehead atoms. The van der Waals surface area contributed by atoms with Gasteiger partial charge >= 0.3 is 0 Å². The molecule has 1 saturated carbocycles. The molecule has 15 heavy (non-hydrogen) atoms. The Bertz CT molecular complexity index is 301. The van der Waals surface area contributed by atoms with Gasteiger partial charge in [-0.05, 0) is 12.8 Å². The normalized spacial score (nSPS) is 19.6. The van der Waals surface area contributed by atoms with Crippen LogP contribution in [-0.4, -0.2) is 22.1 Å². The summed E-state index contributed by atoms with van der Waals surface area (Å²) in [6.07, 6.45) is 9.00. The molecule has 1 atom stereocenters. The van der Waals surface area contributed by atoms with Gasteiger partial charge in [-0.15, -0.1) is 0 Å². The first-order chi connectivity index (χ1) is 7.31. The van der Waals surface area contributed by atoms with Crippen molar-refractivity contribution in [2.45, 2.75) is 37.8 Å². The van der Waals surface area contributed by atoms with Crippen LogP contribution in [0, 0.1) is 0 Å². The van der Waals surface area contributed by atoms with Crippen molar-refractivity contribution in [2.24, 2.45) is 12.8 Å². The highest BCUT2D eigenvalue weighted by Crippen LogP contribution is 2.21. The highest BCUT2D eigenvalue weighted by atomic mass is 15.1. The monoisotopic (exact) mass is 208 g/mol. The molecule has 0 amide bonds. The topological polar surface area (TPSA) is 55.9 Å². The van der Waals surface area contributed by atoms with Gasteiger partial charge in [0.05, 0.1) is 18.1 Å². The van der Waals surface area contributed by atoms with Crippen LogP contribution in [0.4, 0.5) is 0 Å². The third-order valence-corrected chi connectivity index (χ3v) is 3.24. The highest BCUT2D eigenvalue weighted by Gasteiger charge is 2.20. The molecule has 1 aliphatic carbocycles. The number of nitrogens with zero attached hydrogens (tertiary/aromatic N) is 2. The van der Waals surface area contributed by atoms with E-state index in [1.807, 2.05) is 24.1 Å².